The van der Waals surface area contributed by atoms with Crippen molar-refractivity contribution in [1.82, 2.24) is 0 Å². The molecule has 1 radical (unpaired) electrons. The van der Waals surface area contributed by atoms with Gasteiger partial charge in [-0.3, -0.25) is 0 Å². The van der Waals surface area contributed by atoms with E-state index in [-0.39, 0.29) is 0 Å². The lowest BCUT2D eigenvalue weighted by molar-refractivity contribution is 1.65. The second kappa shape index (κ2) is 5.21. The van der Waals surface area contributed by atoms with Crippen LogP contribution in [-0.2, 0) is 0 Å². The quantitative estimate of drug-likeness (QED) is 0.305. The second-order valence-electron chi connectivity index (χ2n) is 6.14. The van der Waals surface area contributed by atoms with Crippen LogP contribution in [0.15, 0.2) is 91.0 Å². The van der Waals surface area contributed by atoms with E-state index in [2.05, 4.69) is 84.9 Å². The van der Waals surface area contributed by atoms with Gasteiger partial charge in [-0.1, -0.05) is 91.0 Å². The molecule has 0 aliphatic heterocycles. The Bertz CT molecular complexity index is 1180. The van der Waals surface area contributed by atoms with Gasteiger partial charge >= 0.3 is 0 Å². The lowest BCUT2D eigenvalue weighted by Gasteiger charge is -2.11. The zero-order chi connectivity index (χ0) is 15.9. The minimum atomic E-state index is 1.24. The Morgan fingerprint density at radius 3 is 2.04 bits per heavy atom. The number of benzene rings is 5. The Hall–Kier alpha value is -3.12. The van der Waals surface area contributed by atoms with E-state index in [0.29, 0.717) is 0 Å². The number of fused-ring (bicyclic) bond motifs is 5. The van der Waals surface area contributed by atoms with Crippen molar-refractivity contribution in [3.05, 3.63) is 97.1 Å². The summed E-state index contributed by atoms with van der Waals surface area (Å²) in [7, 11) is 0. The van der Waals surface area contributed by atoms with Crippen LogP contribution >= 0.6 is 0 Å². The first-order chi connectivity index (χ1) is 11.9. The first kappa shape index (κ1) is 13.3. The normalized spacial score (nSPS) is 11.3. The zero-order valence-electron chi connectivity index (χ0n) is 13.2. The van der Waals surface area contributed by atoms with Crippen LogP contribution in [0.5, 0.6) is 0 Å². The molecular formula is C24H15. The van der Waals surface area contributed by atoms with Gasteiger partial charge in [0, 0.05) is 0 Å². The van der Waals surface area contributed by atoms with E-state index in [0.717, 1.165) is 0 Å². The lowest BCUT2D eigenvalue weighted by atomic mass is 9.93. The predicted molar refractivity (Wildman–Crippen MR) is 103 cm³/mol. The van der Waals surface area contributed by atoms with Crippen LogP contribution in [0.1, 0.15) is 0 Å². The molecule has 0 bridgehead atoms. The molecule has 0 saturated heterocycles. The Balaban J connectivity index is 1.91. The van der Waals surface area contributed by atoms with Gasteiger partial charge in [0.05, 0.1) is 0 Å². The van der Waals surface area contributed by atoms with E-state index in [9.17, 15) is 0 Å². The third-order valence-electron chi connectivity index (χ3n) is 4.81. The van der Waals surface area contributed by atoms with Crippen LogP contribution in [0.3, 0.4) is 0 Å². The maximum Gasteiger partial charge on any atom is -0.00987 e. The predicted octanol–water partition coefficient (Wildman–Crippen LogP) is 6.61. The molecule has 0 fully saturated rings. The zero-order valence-corrected chi connectivity index (χ0v) is 13.2. The van der Waals surface area contributed by atoms with Gasteiger partial charge in [0.15, 0.2) is 0 Å². The molecule has 5 aromatic rings. The van der Waals surface area contributed by atoms with Gasteiger partial charge in [-0.25, -0.2) is 0 Å². The summed E-state index contributed by atoms with van der Waals surface area (Å²) in [6.45, 7) is 0. The van der Waals surface area contributed by atoms with Crippen LogP contribution in [0.25, 0.3) is 43.4 Å². The van der Waals surface area contributed by atoms with Gasteiger partial charge in [-0.05, 0) is 49.5 Å². The number of hydrogen-bond donors (Lipinski definition) is 0. The molecule has 5 aromatic carbocycles. The summed E-state index contributed by atoms with van der Waals surface area (Å²) in [5, 5.41) is 7.85. The summed E-state index contributed by atoms with van der Waals surface area (Å²) in [4.78, 5) is 0. The van der Waals surface area contributed by atoms with E-state index in [1.165, 1.54) is 43.4 Å². The van der Waals surface area contributed by atoms with Crippen LogP contribution in [0, 0.1) is 6.07 Å². The molecule has 0 spiro atoms. The molecule has 0 aromatic heterocycles. The number of rotatable bonds is 1. The molecular weight excluding hydrogens is 288 g/mol. The number of hydrogen-bond acceptors (Lipinski definition) is 0. The highest BCUT2D eigenvalue weighted by Crippen LogP contribution is 2.35. The standard InChI is InChI=1S/C24H15/c1-2-7-17(8-3-1)20-11-6-12-21-22(20)15-16-23-19-10-5-4-9-18(19)13-14-24(21)23/h2-16H. The first-order valence-corrected chi connectivity index (χ1v) is 8.21. The Labute approximate surface area is 141 Å². The molecule has 111 valence electrons. The van der Waals surface area contributed by atoms with E-state index in [4.69, 9.17) is 0 Å². The van der Waals surface area contributed by atoms with Crippen LogP contribution in [0.2, 0.25) is 0 Å². The van der Waals surface area contributed by atoms with E-state index in [1.807, 2.05) is 12.1 Å². The van der Waals surface area contributed by atoms with Crippen molar-refractivity contribution in [2.24, 2.45) is 0 Å². The van der Waals surface area contributed by atoms with Crippen LogP contribution in [-0.4, -0.2) is 0 Å². The van der Waals surface area contributed by atoms with Gasteiger partial charge in [-0.2, -0.15) is 0 Å². The molecule has 0 aliphatic rings. The molecule has 0 N–H and O–H groups in total. The highest BCUT2D eigenvalue weighted by molar-refractivity contribution is 6.19. The van der Waals surface area contributed by atoms with Crippen molar-refractivity contribution in [2.45, 2.75) is 0 Å². The smallest absolute Gasteiger partial charge is 0.00987 e. The molecule has 0 unspecified atom stereocenters. The minimum Gasteiger partial charge on any atom is -0.0616 e. The second-order valence-corrected chi connectivity index (χ2v) is 6.14. The minimum absolute atomic E-state index is 1.24. The van der Waals surface area contributed by atoms with Gasteiger partial charge in [-0.15, -0.1) is 0 Å². The van der Waals surface area contributed by atoms with Crippen molar-refractivity contribution >= 4 is 32.3 Å². The van der Waals surface area contributed by atoms with E-state index in [1.54, 1.807) is 0 Å². The van der Waals surface area contributed by atoms with Gasteiger partial charge < -0.3 is 0 Å². The highest BCUT2D eigenvalue weighted by atomic mass is 14.1. The molecule has 0 aliphatic carbocycles. The lowest BCUT2D eigenvalue weighted by Crippen LogP contribution is -1.84. The first-order valence-electron chi connectivity index (χ1n) is 8.21. The fourth-order valence-electron chi connectivity index (χ4n) is 3.67. The molecule has 0 saturated carbocycles. The fraction of sp³-hybridized carbons (Fsp3) is 0. The third-order valence-corrected chi connectivity index (χ3v) is 4.81. The van der Waals surface area contributed by atoms with E-state index < -0.39 is 0 Å². The topological polar surface area (TPSA) is 0 Å². The molecule has 5 rings (SSSR count). The Morgan fingerprint density at radius 1 is 0.458 bits per heavy atom. The summed E-state index contributed by atoms with van der Waals surface area (Å²) < 4.78 is 0. The molecule has 24 heavy (non-hydrogen) atoms. The Kier molecular flexibility index (Phi) is 2.89. The third kappa shape index (κ3) is 1.93. The highest BCUT2D eigenvalue weighted by Gasteiger charge is 2.08. The van der Waals surface area contributed by atoms with Crippen molar-refractivity contribution in [3.8, 4) is 11.1 Å². The SMILES string of the molecule is [c]1ccc(-c2cccc3c2ccc2c4ccccc4ccc32)cc1. The summed E-state index contributed by atoms with van der Waals surface area (Å²) in [6.07, 6.45) is 0. The van der Waals surface area contributed by atoms with Crippen LogP contribution in [0.4, 0.5) is 0 Å². The van der Waals surface area contributed by atoms with Gasteiger partial charge in [0.1, 0.15) is 0 Å². The summed E-state index contributed by atoms with van der Waals surface area (Å²) in [5.74, 6) is 0. The summed E-state index contributed by atoms with van der Waals surface area (Å²) in [6, 6.07) is 35.5. The summed E-state index contributed by atoms with van der Waals surface area (Å²) in [5.41, 5.74) is 2.51. The monoisotopic (exact) mass is 303 g/mol. The van der Waals surface area contributed by atoms with Crippen molar-refractivity contribution in [2.75, 3.05) is 0 Å². The average molecular weight is 303 g/mol. The maximum atomic E-state index is 3.10. The Morgan fingerprint density at radius 2 is 1.12 bits per heavy atom. The van der Waals surface area contributed by atoms with E-state index >= 15 is 0 Å². The molecule has 0 nitrogen and oxygen atoms in total. The van der Waals surface area contributed by atoms with Crippen LogP contribution < -0.4 is 0 Å². The molecule has 0 heteroatoms. The van der Waals surface area contributed by atoms with Crippen molar-refractivity contribution < 1.29 is 0 Å². The van der Waals surface area contributed by atoms with Gasteiger partial charge in [0.2, 0.25) is 0 Å². The van der Waals surface area contributed by atoms with Crippen molar-refractivity contribution in [3.63, 3.8) is 0 Å². The molecule has 0 heterocycles. The average Bonchev–Trinajstić information content (AvgIpc) is 2.67. The largest absolute Gasteiger partial charge is 0.0616 e. The van der Waals surface area contributed by atoms with Gasteiger partial charge in [0.25, 0.3) is 0 Å². The summed E-state index contributed by atoms with van der Waals surface area (Å²) >= 11 is 0. The molecule has 0 amide bonds. The molecule has 0 atom stereocenters. The maximum absolute atomic E-state index is 3.10. The van der Waals surface area contributed by atoms with Crippen molar-refractivity contribution in [1.29, 1.82) is 0 Å². The fourth-order valence-corrected chi connectivity index (χ4v) is 3.67.